The smallest absolute Gasteiger partial charge is 0.00399 e. The molecule has 8 heavy (non-hydrogen) atoms. The summed E-state index contributed by atoms with van der Waals surface area (Å²) < 4.78 is 0. The van der Waals surface area contributed by atoms with Crippen molar-refractivity contribution in [3.63, 3.8) is 0 Å². The van der Waals surface area contributed by atoms with Crippen LogP contribution in [0.5, 0.6) is 0 Å². The molecule has 0 aromatic rings. The lowest BCUT2D eigenvalue weighted by Crippen LogP contribution is -1.99. The number of rotatable bonds is 3. The summed E-state index contributed by atoms with van der Waals surface area (Å²) in [6.45, 7) is 5.01. The van der Waals surface area contributed by atoms with Gasteiger partial charge in [0.1, 0.15) is 0 Å². The Kier molecular flexibility index (Phi) is 4.67. The van der Waals surface area contributed by atoms with E-state index in [1.54, 1.807) is 0 Å². The summed E-state index contributed by atoms with van der Waals surface area (Å²) in [5, 5.41) is 0. The molecule has 2 N–H and O–H groups in total. The van der Waals surface area contributed by atoms with Gasteiger partial charge in [-0.3, -0.25) is 0 Å². The van der Waals surface area contributed by atoms with E-state index in [-0.39, 0.29) is 0 Å². The first kappa shape index (κ1) is 7.70. The van der Waals surface area contributed by atoms with Gasteiger partial charge in [0.05, 0.1) is 0 Å². The third-order valence-corrected chi connectivity index (χ3v) is 1.33. The zero-order chi connectivity index (χ0) is 6.41. The summed E-state index contributed by atoms with van der Waals surface area (Å²) in [6.07, 6.45) is 4.35. The topological polar surface area (TPSA) is 26.0 Å². The average molecular weight is 113 g/mol. The molecule has 0 saturated heterocycles. The molecule has 0 aliphatic heterocycles. The average Bonchev–Trinajstić information content (AvgIpc) is 1.83. The highest BCUT2D eigenvalue weighted by molar-refractivity contribution is 4.98. The van der Waals surface area contributed by atoms with Gasteiger partial charge in [-0.1, -0.05) is 18.6 Å². The fourth-order valence-electron chi connectivity index (χ4n) is 0.711. The Hall–Kier alpha value is -0.300. The largest absolute Gasteiger partial charge is 0.330 e. The van der Waals surface area contributed by atoms with Crippen molar-refractivity contribution in [2.24, 2.45) is 5.73 Å². The van der Waals surface area contributed by atoms with Crippen molar-refractivity contribution in [1.29, 1.82) is 0 Å². The van der Waals surface area contributed by atoms with Crippen LogP contribution in [-0.4, -0.2) is 6.54 Å². The lowest BCUT2D eigenvalue weighted by atomic mass is 10.1. The molecule has 0 spiro atoms. The van der Waals surface area contributed by atoms with Crippen molar-refractivity contribution in [3.8, 4) is 0 Å². The maximum Gasteiger partial charge on any atom is -0.00399 e. The maximum atomic E-state index is 5.34. The number of hydrogen-bond acceptors (Lipinski definition) is 1. The molecule has 0 bridgehead atoms. The molecule has 0 atom stereocenters. The fraction of sp³-hybridized carbons (Fsp3) is 0.714. The van der Waals surface area contributed by atoms with Gasteiger partial charge in [0.15, 0.2) is 0 Å². The van der Waals surface area contributed by atoms with Crippen LogP contribution < -0.4 is 5.73 Å². The first-order valence-corrected chi connectivity index (χ1v) is 3.19. The third-order valence-electron chi connectivity index (χ3n) is 1.33. The summed E-state index contributed by atoms with van der Waals surface area (Å²) in [4.78, 5) is 0. The maximum absolute atomic E-state index is 5.34. The van der Waals surface area contributed by atoms with E-state index in [4.69, 9.17) is 5.73 Å². The van der Waals surface area contributed by atoms with Crippen LogP contribution in [0.1, 0.15) is 26.7 Å². The Bertz CT molecular complexity index is 74.5. The Labute approximate surface area is 51.6 Å². The van der Waals surface area contributed by atoms with E-state index < -0.39 is 0 Å². The fourth-order valence-corrected chi connectivity index (χ4v) is 0.711. The lowest BCUT2D eigenvalue weighted by molar-refractivity contribution is 0.891. The number of allylic oxidation sites excluding steroid dienone is 1. The van der Waals surface area contributed by atoms with Crippen LogP contribution in [0.4, 0.5) is 0 Å². The highest BCUT2D eigenvalue weighted by atomic mass is 14.5. The Morgan fingerprint density at radius 3 is 2.38 bits per heavy atom. The van der Waals surface area contributed by atoms with E-state index in [1.807, 2.05) is 0 Å². The molecule has 0 aromatic carbocycles. The predicted octanol–water partition coefficient (Wildman–Crippen LogP) is 1.69. The van der Waals surface area contributed by atoms with Crippen molar-refractivity contribution in [1.82, 2.24) is 0 Å². The monoisotopic (exact) mass is 113 g/mol. The van der Waals surface area contributed by atoms with Gasteiger partial charge in [-0.25, -0.2) is 0 Å². The van der Waals surface area contributed by atoms with Crippen molar-refractivity contribution >= 4 is 0 Å². The van der Waals surface area contributed by atoms with E-state index in [0.717, 1.165) is 19.4 Å². The van der Waals surface area contributed by atoms with E-state index in [1.165, 1.54) is 5.57 Å². The highest BCUT2D eigenvalue weighted by Gasteiger charge is 1.86. The van der Waals surface area contributed by atoms with E-state index in [0.29, 0.717) is 0 Å². The van der Waals surface area contributed by atoms with Crippen molar-refractivity contribution < 1.29 is 0 Å². The highest BCUT2D eigenvalue weighted by Crippen LogP contribution is 2.02. The normalized spacial score (nSPS) is 12.1. The van der Waals surface area contributed by atoms with Gasteiger partial charge in [-0.2, -0.15) is 0 Å². The van der Waals surface area contributed by atoms with Crippen LogP contribution in [0.25, 0.3) is 0 Å². The zero-order valence-corrected chi connectivity index (χ0v) is 5.78. The van der Waals surface area contributed by atoms with Crippen LogP contribution in [0.15, 0.2) is 11.6 Å². The lowest BCUT2D eigenvalue weighted by Gasteiger charge is -1.97. The second-order valence-electron chi connectivity index (χ2n) is 1.84. The van der Waals surface area contributed by atoms with E-state index >= 15 is 0 Å². The zero-order valence-electron chi connectivity index (χ0n) is 5.78. The van der Waals surface area contributed by atoms with Crippen LogP contribution in [0, 0.1) is 0 Å². The van der Waals surface area contributed by atoms with Crippen LogP contribution in [-0.2, 0) is 0 Å². The third kappa shape index (κ3) is 2.80. The van der Waals surface area contributed by atoms with Crippen molar-refractivity contribution in [2.45, 2.75) is 26.7 Å². The molecular formula is C7H15N. The SMILES string of the molecule is C/C=C(\CC)CCN. The Morgan fingerprint density at radius 2 is 2.25 bits per heavy atom. The standard InChI is InChI=1S/C7H15N/c1-3-7(4-2)5-6-8/h3H,4-6,8H2,1-2H3/b7-3+. The first-order valence-electron chi connectivity index (χ1n) is 3.19. The minimum atomic E-state index is 0.785. The summed E-state index contributed by atoms with van der Waals surface area (Å²) in [5.74, 6) is 0. The molecule has 48 valence electrons. The summed E-state index contributed by atoms with van der Waals surface area (Å²) >= 11 is 0. The molecular weight excluding hydrogens is 98.1 g/mol. The first-order chi connectivity index (χ1) is 3.85. The molecule has 1 nitrogen and oxygen atoms in total. The molecule has 0 fully saturated rings. The van der Waals surface area contributed by atoms with Gasteiger partial charge in [0, 0.05) is 0 Å². The van der Waals surface area contributed by atoms with Gasteiger partial charge in [0.25, 0.3) is 0 Å². The quantitative estimate of drug-likeness (QED) is 0.554. The van der Waals surface area contributed by atoms with Gasteiger partial charge >= 0.3 is 0 Å². The van der Waals surface area contributed by atoms with Gasteiger partial charge in [-0.15, -0.1) is 0 Å². The van der Waals surface area contributed by atoms with Gasteiger partial charge in [-0.05, 0) is 26.3 Å². The molecule has 0 saturated carbocycles. The minimum absolute atomic E-state index is 0.785. The minimum Gasteiger partial charge on any atom is -0.330 e. The summed E-state index contributed by atoms with van der Waals surface area (Å²) in [5.41, 5.74) is 6.80. The number of hydrogen-bond donors (Lipinski definition) is 1. The molecule has 0 radical (unpaired) electrons. The molecule has 0 heterocycles. The molecule has 0 rings (SSSR count). The molecule has 0 aliphatic carbocycles. The number of nitrogens with two attached hydrogens (primary N) is 1. The second kappa shape index (κ2) is 4.85. The van der Waals surface area contributed by atoms with Crippen molar-refractivity contribution in [2.75, 3.05) is 6.54 Å². The predicted molar refractivity (Wildman–Crippen MR) is 37.7 cm³/mol. The van der Waals surface area contributed by atoms with Crippen LogP contribution in [0.2, 0.25) is 0 Å². The van der Waals surface area contributed by atoms with Gasteiger partial charge in [0.2, 0.25) is 0 Å². The Morgan fingerprint density at radius 1 is 1.62 bits per heavy atom. The molecule has 0 amide bonds. The molecule has 0 aromatic heterocycles. The molecule has 0 unspecified atom stereocenters. The summed E-state index contributed by atoms with van der Waals surface area (Å²) in [6, 6.07) is 0. The molecule has 1 heteroatoms. The Balaban J connectivity index is 3.38. The van der Waals surface area contributed by atoms with E-state index in [2.05, 4.69) is 19.9 Å². The van der Waals surface area contributed by atoms with Crippen LogP contribution >= 0.6 is 0 Å². The van der Waals surface area contributed by atoms with Crippen molar-refractivity contribution in [3.05, 3.63) is 11.6 Å². The molecule has 0 aliphatic rings. The summed E-state index contributed by atoms with van der Waals surface area (Å²) in [7, 11) is 0. The second-order valence-corrected chi connectivity index (χ2v) is 1.84. The van der Waals surface area contributed by atoms with Crippen LogP contribution in [0.3, 0.4) is 0 Å². The van der Waals surface area contributed by atoms with E-state index in [9.17, 15) is 0 Å². The van der Waals surface area contributed by atoms with Gasteiger partial charge < -0.3 is 5.73 Å².